The maximum atomic E-state index is 12.5. The van der Waals surface area contributed by atoms with Crippen LogP contribution in [0.4, 0.5) is 0 Å². The average Bonchev–Trinajstić information content (AvgIpc) is 3.21. The maximum absolute atomic E-state index is 12.5. The lowest BCUT2D eigenvalue weighted by molar-refractivity contribution is 0.0981. The Morgan fingerprint density at radius 3 is 2.73 bits per heavy atom. The summed E-state index contributed by atoms with van der Waals surface area (Å²) in [5, 5.41) is 0.205. The zero-order chi connectivity index (χ0) is 15.3. The molecule has 1 aromatic heterocycles. The fourth-order valence-corrected chi connectivity index (χ4v) is 5.78. The van der Waals surface area contributed by atoms with Gasteiger partial charge in [-0.2, -0.15) is 0 Å². The fraction of sp³-hybridized carbons (Fsp3) is 0.438. The second kappa shape index (κ2) is 4.84. The molecule has 1 heterocycles. The molecule has 0 aliphatic heterocycles. The van der Waals surface area contributed by atoms with Gasteiger partial charge in [0.25, 0.3) is 5.91 Å². The summed E-state index contributed by atoms with van der Waals surface area (Å²) in [5.74, 6) is 0.112. The number of furan rings is 1. The van der Waals surface area contributed by atoms with Gasteiger partial charge in [-0.1, -0.05) is 24.6 Å². The normalized spacial score (nSPS) is 27.4. The molecule has 1 amide bonds. The topological polar surface area (TPSA) is 76.4 Å². The van der Waals surface area contributed by atoms with Crippen molar-refractivity contribution in [2.45, 2.75) is 30.9 Å². The van der Waals surface area contributed by atoms with E-state index in [1.54, 1.807) is 24.3 Å². The van der Waals surface area contributed by atoms with Gasteiger partial charge < -0.3 is 4.42 Å². The van der Waals surface area contributed by atoms with Gasteiger partial charge in [0.1, 0.15) is 11.8 Å². The van der Waals surface area contributed by atoms with Gasteiger partial charge in [0.15, 0.2) is 0 Å². The molecule has 2 aliphatic carbocycles. The monoisotopic (exact) mass is 319 g/mol. The van der Waals surface area contributed by atoms with E-state index in [-0.39, 0.29) is 11.5 Å². The quantitative estimate of drug-likeness (QED) is 0.943. The first kappa shape index (κ1) is 13.8. The van der Waals surface area contributed by atoms with Crippen LogP contribution in [0.15, 0.2) is 34.9 Å². The van der Waals surface area contributed by atoms with E-state index in [4.69, 9.17) is 4.42 Å². The molecule has 116 valence electrons. The van der Waals surface area contributed by atoms with Crippen LogP contribution in [0.1, 0.15) is 36.0 Å². The highest BCUT2D eigenvalue weighted by molar-refractivity contribution is 7.90. The molecule has 3 atom stereocenters. The predicted octanol–water partition coefficient (Wildman–Crippen LogP) is 2.68. The lowest BCUT2D eigenvalue weighted by Gasteiger charge is -2.21. The summed E-state index contributed by atoms with van der Waals surface area (Å²) < 4.78 is 32.6. The first-order valence-corrected chi connectivity index (χ1v) is 9.11. The third-order valence-electron chi connectivity index (χ3n) is 5.03. The van der Waals surface area contributed by atoms with Crippen LogP contribution < -0.4 is 4.72 Å². The number of amides is 1. The van der Waals surface area contributed by atoms with E-state index >= 15 is 0 Å². The first-order chi connectivity index (χ1) is 10.5. The molecule has 5 nitrogen and oxygen atoms in total. The summed E-state index contributed by atoms with van der Waals surface area (Å²) in [6.07, 6.45) is 5.06. The number of carbonyl (C=O) groups excluding carboxylic acids is 1. The van der Waals surface area contributed by atoms with Crippen molar-refractivity contribution < 1.29 is 17.6 Å². The Hall–Kier alpha value is -1.82. The number of para-hydroxylation sites is 1. The highest BCUT2D eigenvalue weighted by atomic mass is 32.2. The molecule has 2 aromatic rings. The zero-order valence-corrected chi connectivity index (χ0v) is 12.8. The Kier molecular flexibility index (Phi) is 3.04. The minimum Gasteiger partial charge on any atom is -0.463 e. The van der Waals surface area contributed by atoms with Crippen molar-refractivity contribution in [3.63, 3.8) is 0 Å². The minimum atomic E-state index is -3.63. The van der Waals surface area contributed by atoms with Crippen molar-refractivity contribution in [3.05, 3.63) is 36.1 Å². The van der Waals surface area contributed by atoms with Gasteiger partial charge in [0.05, 0.1) is 10.8 Å². The Balaban J connectivity index is 1.59. The SMILES string of the molecule is O=C(NS(=O)(=O)C1C[C@@H]2CC[C@H]1C2)c1coc2ccccc12. The number of hydrogen-bond donors (Lipinski definition) is 1. The second-order valence-corrected chi connectivity index (χ2v) is 8.23. The molecular formula is C16H17NO4S. The van der Waals surface area contributed by atoms with Crippen molar-refractivity contribution in [2.24, 2.45) is 11.8 Å². The van der Waals surface area contributed by atoms with Gasteiger partial charge in [-0.15, -0.1) is 0 Å². The summed E-state index contributed by atoms with van der Waals surface area (Å²) >= 11 is 0. The third kappa shape index (κ3) is 2.13. The van der Waals surface area contributed by atoms with Crippen molar-refractivity contribution in [1.29, 1.82) is 0 Å². The number of sulfonamides is 1. The molecule has 1 aromatic carbocycles. The fourth-order valence-electron chi connectivity index (χ4n) is 3.98. The molecule has 0 radical (unpaired) electrons. The smallest absolute Gasteiger partial charge is 0.268 e. The van der Waals surface area contributed by atoms with Crippen LogP contribution in [0.5, 0.6) is 0 Å². The number of fused-ring (bicyclic) bond motifs is 3. The number of hydrogen-bond acceptors (Lipinski definition) is 4. The molecule has 2 bridgehead atoms. The van der Waals surface area contributed by atoms with E-state index in [1.807, 2.05) is 0 Å². The van der Waals surface area contributed by atoms with Gasteiger partial charge in [0, 0.05) is 5.39 Å². The summed E-state index contributed by atoms with van der Waals surface area (Å²) in [5.41, 5.74) is 0.840. The van der Waals surface area contributed by atoms with E-state index in [0.717, 1.165) is 19.3 Å². The number of nitrogens with one attached hydrogen (secondary N) is 1. The molecular weight excluding hydrogens is 302 g/mol. The molecule has 2 aliphatic rings. The van der Waals surface area contributed by atoms with Crippen molar-refractivity contribution >= 4 is 26.9 Å². The van der Waals surface area contributed by atoms with Crippen LogP contribution in [-0.2, 0) is 10.0 Å². The van der Waals surface area contributed by atoms with Crippen molar-refractivity contribution in [2.75, 3.05) is 0 Å². The van der Waals surface area contributed by atoms with E-state index in [1.165, 1.54) is 6.26 Å². The number of carbonyl (C=O) groups is 1. The number of benzene rings is 1. The van der Waals surface area contributed by atoms with E-state index in [0.29, 0.717) is 23.3 Å². The Morgan fingerprint density at radius 1 is 1.18 bits per heavy atom. The molecule has 2 fully saturated rings. The van der Waals surface area contributed by atoms with Crippen LogP contribution in [0, 0.1) is 11.8 Å². The van der Waals surface area contributed by atoms with E-state index in [2.05, 4.69) is 4.72 Å². The van der Waals surface area contributed by atoms with Crippen LogP contribution in [0.3, 0.4) is 0 Å². The summed E-state index contributed by atoms with van der Waals surface area (Å²) in [4.78, 5) is 12.3. The van der Waals surface area contributed by atoms with Gasteiger partial charge in [-0.25, -0.2) is 13.1 Å². The molecule has 22 heavy (non-hydrogen) atoms. The summed E-state index contributed by atoms with van der Waals surface area (Å²) in [6.45, 7) is 0. The van der Waals surface area contributed by atoms with Crippen LogP contribution in [0.2, 0.25) is 0 Å². The predicted molar refractivity (Wildman–Crippen MR) is 81.8 cm³/mol. The van der Waals surface area contributed by atoms with Gasteiger partial charge in [-0.3, -0.25) is 4.79 Å². The average molecular weight is 319 g/mol. The van der Waals surface area contributed by atoms with E-state index < -0.39 is 21.2 Å². The van der Waals surface area contributed by atoms with Crippen LogP contribution in [-0.4, -0.2) is 19.6 Å². The Bertz CT molecular complexity index is 839. The summed E-state index contributed by atoms with van der Waals surface area (Å²) in [6, 6.07) is 7.09. The molecule has 4 rings (SSSR count). The molecule has 2 saturated carbocycles. The second-order valence-electron chi connectivity index (χ2n) is 6.34. The van der Waals surface area contributed by atoms with Gasteiger partial charge in [0.2, 0.25) is 10.0 Å². The third-order valence-corrected chi connectivity index (χ3v) is 6.88. The summed E-state index contributed by atoms with van der Waals surface area (Å²) in [7, 11) is -3.63. The largest absolute Gasteiger partial charge is 0.463 e. The molecule has 1 unspecified atom stereocenters. The first-order valence-electron chi connectivity index (χ1n) is 7.57. The molecule has 6 heteroatoms. The standard InChI is InChI=1S/C16H17NO4S/c18-16(13-9-21-14-4-2-1-3-12(13)14)17-22(19,20)15-8-10-5-6-11(15)7-10/h1-4,9-11,15H,5-8H2,(H,17,18)/t10-,11+,15?/m1/s1. The molecule has 1 N–H and O–H groups in total. The van der Waals surface area contributed by atoms with Crippen LogP contribution >= 0.6 is 0 Å². The highest BCUT2D eigenvalue weighted by Gasteiger charge is 2.46. The lowest BCUT2D eigenvalue weighted by Crippen LogP contribution is -2.40. The lowest BCUT2D eigenvalue weighted by atomic mass is 10.0. The van der Waals surface area contributed by atoms with Crippen molar-refractivity contribution in [3.8, 4) is 0 Å². The Morgan fingerprint density at radius 2 is 2.00 bits per heavy atom. The zero-order valence-electron chi connectivity index (χ0n) is 12.0. The highest BCUT2D eigenvalue weighted by Crippen LogP contribution is 2.47. The van der Waals surface area contributed by atoms with E-state index in [9.17, 15) is 13.2 Å². The molecule has 0 saturated heterocycles. The van der Waals surface area contributed by atoms with Crippen molar-refractivity contribution in [1.82, 2.24) is 4.72 Å². The Labute approximate surface area is 128 Å². The van der Waals surface area contributed by atoms with Gasteiger partial charge in [-0.05, 0) is 37.2 Å². The molecule has 0 spiro atoms. The number of rotatable bonds is 3. The van der Waals surface area contributed by atoms with Crippen LogP contribution in [0.25, 0.3) is 11.0 Å². The van der Waals surface area contributed by atoms with Gasteiger partial charge >= 0.3 is 0 Å². The maximum Gasteiger partial charge on any atom is 0.268 e. The minimum absolute atomic E-state index is 0.205.